The molecule has 1 amide bonds. The van der Waals surface area contributed by atoms with Gasteiger partial charge in [0, 0.05) is 15.8 Å². The Kier molecular flexibility index (Phi) is 8.20. The van der Waals surface area contributed by atoms with Gasteiger partial charge in [-0.2, -0.15) is 5.26 Å². The Bertz CT molecular complexity index is 1590. The maximum Gasteiger partial charge on any atom is 0.258 e. The van der Waals surface area contributed by atoms with Crippen molar-refractivity contribution >= 4 is 50.5 Å². The van der Waals surface area contributed by atoms with Crippen molar-refractivity contribution in [3.05, 3.63) is 76.2 Å². The van der Waals surface area contributed by atoms with Crippen LogP contribution in [0, 0.1) is 17.2 Å². The van der Waals surface area contributed by atoms with Gasteiger partial charge in [0.1, 0.15) is 16.8 Å². The highest BCUT2D eigenvalue weighted by atomic mass is 32.1. The number of nitriles is 1. The number of thiophene rings is 1. The summed E-state index contributed by atoms with van der Waals surface area (Å²) < 4.78 is 5.91. The standard InChI is InChI=1S/C31H30N4O2S2/c1-19(2)18-37-21-10-8-9-20(15-21)27-16-24(22-11-6-7-13-26(22)33-27)29(36)34-31(38)35-30-25(17-32)23-12-4-3-5-14-28(23)39-30/h6-11,13,15-16,19H,3-5,12,14,18H2,1-2H3,(H2,34,35,36,38). The number of aromatic nitrogens is 1. The van der Waals surface area contributed by atoms with E-state index in [1.54, 1.807) is 17.4 Å². The summed E-state index contributed by atoms with van der Waals surface area (Å²) in [6.45, 7) is 4.83. The molecule has 0 saturated heterocycles. The van der Waals surface area contributed by atoms with Crippen LogP contribution in [0.3, 0.4) is 0 Å². The second-order valence-electron chi connectivity index (χ2n) is 10.1. The molecular formula is C31H30N4O2S2. The zero-order valence-electron chi connectivity index (χ0n) is 22.0. The summed E-state index contributed by atoms with van der Waals surface area (Å²) in [7, 11) is 0. The number of nitrogens with one attached hydrogen (secondary N) is 2. The minimum atomic E-state index is -0.337. The predicted octanol–water partition coefficient (Wildman–Crippen LogP) is 7.27. The van der Waals surface area contributed by atoms with Gasteiger partial charge in [-0.3, -0.25) is 10.1 Å². The van der Waals surface area contributed by atoms with Gasteiger partial charge in [-0.05, 0) is 73.6 Å². The number of ether oxygens (including phenoxy) is 1. The molecule has 1 aliphatic carbocycles. The summed E-state index contributed by atoms with van der Waals surface area (Å²) >= 11 is 7.09. The first-order chi connectivity index (χ1) is 18.9. The van der Waals surface area contributed by atoms with E-state index in [1.807, 2.05) is 48.5 Å². The third kappa shape index (κ3) is 6.11. The number of thiocarbonyl (C=S) groups is 1. The SMILES string of the molecule is CC(C)COc1cccc(-c2cc(C(=O)NC(=S)Nc3sc4c(c3C#N)CCCCC4)c3ccccc3n2)c1. The number of amides is 1. The van der Waals surface area contributed by atoms with Gasteiger partial charge < -0.3 is 10.1 Å². The molecule has 8 heteroatoms. The van der Waals surface area contributed by atoms with Gasteiger partial charge in [-0.1, -0.05) is 50.6 Å². The third-order valence-electron chi connectivity index (χ3n) is 6.66. The van der Waals surface area contributed by atoms with E-state index in [-0.39, 0.29) is 11.0 Å². The van der Waals surface area contributed by atoms with Crippen LogP contribution in [0.15, 0.2) is 54.6 Å². The lowest BCUT2D eigenvalue weighted by atomic mass is 10.0. The number of para-hydroxylation sites is 1. The number of pyridine rings is 1. The molecule has 39 heavy (non-hydrogen) atoms. The number of carbonyl (C=O) groups excluding carboxylic acids is 1. The van der Waals surface area contributed by atoms with Crippen LogP contribution < -0.4 is 15.4 Å². The Hall–Kier alpha value is -3.80. The van der Waals surface area contributed by atoms with Crippen LogP contribution in [0.4, 0.5) is 5.00 Å². The van der Waals surface area contributed by atoms with Gasteiger partial charge in [0.05, 0.1) is 28.9 Å². The smallest absolute Gasteiger partial charge is 0.258 e. The van der Waals surface area contributed by atoms with Crippen molar-refractivity contribution in [3.63, 3.8) is 0 Å². The maximum absolute atomic E-state index is 13.5. The largest absolute Gasteiger partial charge is 0.493 e. The third-order valence-corrected chi connectivity index (χ3v) is 8.07. The van der Waals surface area contributed by atoms with E-state index in [0.29, 0.717) is 39.9 Å². The van der Waals surface area contributed by atoms with Crippen molar-refractivity contribution in [3.8, 4) is 23.1 Å². The van der Waals surface area contributed by atoms with Gasteiger partial charge in [-0.15, -0.1) is 11.3 Å². The molecule has 198 valence electrons. The van der Waals surface area contributed by atoms with E-state index in [2.05, 4.69) is 30.6 Å². The number of nitrogens with zero attached hydrogens (tertiary/aromatic N) is 2. The van der Waals surface area contributed by atoms with Crippen molar-refractivity contribution in [2.45, 2.75) is 46.0 Å². The van der Waals surface area contributed by atoms with E-state index in [1.165, 1.54) is 11.3 Å². The fourth-order valence-electron chi connectivity index (χ4n) is 4.77. The fraction of sp³-hybridized carbons (Fsp3) is 0.290. The average Bonchev–Trinajstić information content (AvgIpc) is 3.09. The topological polar surface area (TPSA) is 87.0 Å². The number of fused-ring (bicyclic) bond motifs is 2. The molecule has 2 heterocycles. The lowest BCUT2D eigenvalue weighted by Crippen LogP contribution is -2.34. The molecule has 1 aliphatic rings. The van der Waals surface area contributed by atoms with Crippen molar-refractivity contribution in [2.24, 2.45) is 5.92 Å². The normalized spacial score (nSPS) is 12.9. The molecule has 2 aromatic carbocycles. The number of hydrogen-bond acceptors (Lipinski definition) is 6. The molecule has 2 N–H and O–H groups in total. The minimum Gasteiger partial charge on any atom is -0.493 e. The molecule has 2 aromatic heterocycles. The number of hydrogen-bond donors (Lipinski definition) is 2. The predicted molar refractivity (Wildman–Crippen MR) is 161 cm³/mol. The van der Waals surface area contributed by atoms with Crippen molar-refractivity contribution in [1.82, 2.24) is 10.3 Å². The highest BCUT2D eigenvalue weighted by molar-refractivity contribution is 7.80. The van der Waals surface area contributed by atoms with Crippen LogP contribution in [-0.4, -0.2) is 22.6 Å². The van der Waals surface area contributed by atoms with Crippen LogP contribution in [0.2, 0.25) is 0 Å². The maximum atomic E-state index is 13.5. The second-order valence-corrected chi connectivity index (χ2v) is 11.6. The number of anilines is 1. The van der Waals surface area contributed by atoms with Gasteiger partial charge in [0.25, 0.3) is 5.91 Å². The molecule has 0 unspecified atom stereocenters. The zero-order valence-corrected chi connectivity index (χ0v) is 23.7. The number of benzene rings is 2. The molecule has 0 spiro atoms. The average molecular weight is 555 g/mol. The number of carbonyl (C=O) groups is 1. The summed E-state index contributed by atoms with van der Waals surface area (Å²) in [5.74, 6) is 0.833. The lowest BCUT2D eigenvalue weighted by Gasteiger charge is -2.13. The summed E-state index contributed by atoms with van der Waals surface area (Å²) in [6, 6.07) is 19.4. The summed E-state index contributed by atoms with van der Waals surface area (Å²) in [6.07, 6.45) is 5.28. The van der Waals surface area contributed by atoms with Crippen molar-refractivity contribution in [1.29, 1.82) is 5.26 Å². The Morgan fingerprint density at radius 3 is 2.77 bits per heavy atom. The monoisotopic (exact) mass is 554 g/mol. The molecule has 0 fully saturated rings. The van der Waals surface area contributed by atoms with Crippen molar-refractivity contribution in [2.75, 3.05) is 11.9 Å². The van der Waals surface area contributed by atoms with Crippen LogP contribution in [-0.2, 0) is 12.8 Å². The quantitative estimate of drug-likeness (QED) is 0.193. The first-order valence-electron chi connectivity index (χ1n) is 13.2. The molecule has 0 radical (unpaired) electrons. The lowest BCUT2D eigenvalue weighted by molar-refractivity contribution is 0.0979. The molecule has 0 bridgehead atoms. The highest BCUT2D eigenvalue weighted by Crippen LogP contribution is 2.37. The van der Waals surface area contributed by atoms with Crippen LogP contribution in [0.25, 0.3) is 22.2 Å². The van der Waals surface area contributed by atoms with E-state index in [4.69, 9.17) is 21.9 Å². The van der Waals surface area contributed by atoms with E-state index < -0.39 is 0 Å². The van der Waals surface area contributed by atoms with Gasteiger partial charge in [0.2, 0.25) is 0 Å². The van der Waals surface area contributed by atoms with Gasteiger partial charge in [-0.25, -0.2) is 4.98 Å². The first kappa shape index (κ1) is 26.8. The number of rotatable bonds is 6. The van der Waals surface area contributed by atoms with Crippen LogP contribution in [0.5, 0.6) is 5.75 Å². The van der Waals surface area contributed by atoms with Crippen molar-refractivity contribution < 1.29 is 9.53 Å². The van der Waals surface area contributed by atoms with E-state index >= 15 is 0 Å². The van der Waals surface area contributed by atoms with Crippen LogP contribution >= 0.6 is 23.6 Å². The van der Waals surface area contributed by atoms with Gasteiger partial charge >= 0.3 is 0 Å². The Morgan fingerprint density at radius 1 is 1.13 bits per heavy atom. The molecular weight excluding hydrogens is 525 g/mol. The van der Waals surface area contributed by atoms with Crippen LogP contribution in [0.1, 0.15) is 59.5 Å². The molecule has 4 aromatic rings. The highest BCUT2D eigenvalue weighted by Gasteiger charge is 2.21. The molecule has 0 aliphatic heterocycles. The van der Waals surface area contributed by atoms with E-state index in [9.17, 15) is 10.1 Å². The first-order valence-corrected chi connectivity index (χ1v) is 14.5. The molecule has 5 rings (SSSR count). The summed E-state index contributed by atoms with van der Waals surface area (Å²) in [4.78, 5) is 19.6. The molecule has 0 atom stereocenters. The molecule has 6 nitrogen and oxygen atoms in total. The summed E-state index contributed by atoms with van der Waals surface area (Å²) in [5, 5.41) is 17.4. The van der Waals surface area contributed by atoms with Gasteiger partial charge in [0.15, 0.2) is 5.11 Å². The fourth-order valence-corrected chi connectivity index (χ4v) is 6.28. The summed E-state index contributed by atoms with van der Waals surface area (Å²) in [5.41, 5.74) is 4.47. The minimum absolute atomic E-state index is 0.166. The van der Waals surface area contributed by atoms with E-state index in [0.717, 1.165) is 47.9 Å². The Labute approximate surface area is 238 Å². The molecule has 0 saturated carbocycles. The zero-order chi connectivity index (χ0) is 27.4. The second kappa shape index (κ2) is 11.9. The Balaban J connectivity index is 1.41. The number of aryl methyl sites for hydroxylation is 1. The Morgan fingerprint density at radius 2 is 1.95 bits per heavy atom.